The molecule has 2 unspecified atom stereocenters. The molecule has 2 atom stereocenters. The van der Waals surface area contributed by atoms with Crippen molar-refractivity contribution in [2.45, 2.75) is 25.4 Å². The molecule has 1 N–H and O–H groups in total. The van der Waals surface area contributed by atoms with Crippen molar-refractivity contribution < 1.29 is 19.0 Å². The average Bonchev–Trinajstić information content (AvgIpc) is 2.66. The van der Waals surface area contributed by atoms with Crippen molar-refractivity contribution in [2.24, 2.45) is 0 Å². The molecule has 1 aliphatic heterocycles. The standard InChI is InChI=1S/C20H23NO4/c1-4-25-20(22)16-10-14-11-17(23-2)18(24-3)12-15(14)19(21-16)13-8-6-5-7-9-13/h5-9,11-12,16,19,21H,4,10H2,1-3H3. The minimum Gasteiger partial charge on any atom is -0.493 e. The van der Waals surface area contributed by atoms with Crippen LogP contribution >= 0.6 is 0 Å². The van der Waals surface area contributed by atoms with E-state index >= 15 is 0 Å². The van der Waals surface area contributed by atoms with E-state index in [1.165, 1.54) is 0 Å². The Labute approximate surface area is 147 Å². The highest BCUT2D eigenvalue weighted by atomic mass is 16.5. The van der Waals surface area contributed by atoms with Crippen LogP contribution in [0.2, 0.25) is 0 Å². The number of hydrogen-bond acceptors (Lipinski definition) is 5. The van der Waals surface area contributed by atoms with E-state index in [2.05, 4.69) is 5.32 Å². The minimum atomic E-state index is -0.393. The van der Waals surface area contributed by atoms with E-state index in [9.17, 15) is 4.79 Å². The van der Waals surface area contributed by atoms with E-state index in [0.29, 0.717) is 24.5 Å². The van der Waals surface area contributed by atoms with E-state index in [4.69, 9.17) is 14.2 Å². The van der Waals surface area contributed by atoms with E-state index in [1.807, 2.05) is 49.4 Å². The van der Waals surface area contributed by atoms with E-state index in [1.54, 1.807) is 14.2 Å². The Bertz CT molecular complexity index is 745. The Morgan fingerprint density at radius 3 is 2.44 bits per heavy atom. The summed E-state index contributed by atoms with van der Waals surface area (Å²) < 4.78 is 16.1. The molecule has 1 aliphatic rings. The Balaban J connectivity index is 2.07. The fourth-order valence-corrected chi connectivity index (χ4v) is 3.27. The lowest BCUT2D eigenvalue weighted by Gasteiger charge is -2.33. The molecule has 0 bridgehead atoms. The van der Waals surface area contributed by atoms with Crippen molar-refractivity contribution in [1.29, 1.82) is 0 Å². The third kappa shape index (κ3) is 3.46. The molecule has 0 fully saturated rings. The van der Waals surface area contributed by atoms with Gasteiger partial charge >= 0.3 is 5.97 Å². The number of carbonyl (C=O) groups is 1. The van der Waals surface area contributed by atoms with Crippen molar-refractivity contribution in [2.75, 3.05) is 20.8 Å². The van der Waals surface area contributed by atoms with Gasteiger partial charge in [0.1, 0.15) is 6.04 Å². The highest BCUT2D eigenvalue weighted by Gasteiger charge is 2.33. The summed E-state index contributed by atoms with van der Waals surface area (Å²) in [6.45, 7) is 2.18. The number of carbonyl (C=O) groups excluding carboxylic acids is 1. The van der Waals surface area contributed by atoms with E-state index in [0.717, 1.165) is 16.7 Å². The molecule has 0 amide bonds. The first kappa shape index (κ1) is 17.3. The van der Waals surface area contributed by atoms with Crippen LogP contribution in [0.3, 0.4) is 0 Å². The summed E-state index contributed by atoms with van der Waals surface area (Å²) in [6.07, 6.45) is 0.553. The van der Waals surface area contributed by atoms with Crippen LogP contribution in [0.1, 0.15) is 29.7 Å². The molecule has 5 nitrogen and oxygen atoms in total. The van der Waals surface area contributed by atoms with Gasteiger partial charge in [-0.25, -0.2) is 0 Å². The second-order valence-corrected chi connectivity index (χ2v) is 5.93. The number of esters is 1. The number of nitrogens with one attached hydrogen (secondary N) is 1. The summed E-state index contributed by atoms with van der Waals surface area (Å²) in [5, 5.41) is 3.43. The van der Waals surface area contributed by atoms with Crippen LogP contribution in [0.15, 0.2) is 42.5 Å². The molecule has 132 valence electrons. The molecule has 2 aromatic rings. The molecule has 3 rings (SSSR count). The van der Waals surface area contributed by atoms with Crippen molar-refractivity contribution in [3.05, 3.63) is 59.2 Å². The van der Waals surface area contributed by atoms with Crippen molar-refractivity contribution in [3.8, 4) is 11.5 Å². The van der Waals surface area contributed by atoms with Crippen molar-refractivity contribution in [1.82, 2.24) is 5.32 Å². The summed E-state index contributed by atoms with van der Waals surface area (Å²) in [4.78, 5) is 12.3. The summed E-state index contributed by atoms with van der Waals surface area (Å²) in [5.41, 5.74) is 3.23. The molecule has 5 heteroatoms. The highest BCUT2D eigenvalue weighted by molar-refractivity contribution is 5.77. The predicted molar refractivity (Wildman–Crippen MR) is 95.1 cm³/mol. The molecule has 0 spiro atoms. The molecular weight excluding hydrogens is 318 g/mol. The Morgan fingerprint density at radius 1 is 1.12 bits per heavy atom. The Morgan fingerprint density at radius 2 is 1.80 bits per heavy atom. The smallest absolute Gasteiger partial charge is 0.323 e. The lowest BCUT2D eigenvalue weighted by molar-refractivity contribution is -0.146. The fraction of sp³-hybridized carbons (Fsp3) is 0.350. The van der Waals surface area contributed by atoms with Crippen LogP contribution in [-0.2, 0) is 16.0 Å². The van der Waals surface area contributed by atoms with Crippen molar-refractivity contribution in [3.63, 3.8) is 0 Å². The number of rotatable bonds is 5. The molecule has 0 aromatic heterocycles. The van der Waals surface area contributed by atoms with Gasteiger partial charge < -0.3 is 14.2 Å². The quantitative estimate of drug-likeness (QED) is 0.848. The molecule has 25 heavy (non-hydrogen) atoms. The number of ether oxygens (including phenoxy) is 3. The predicted octanol–water partition coefficient (Wildman–Crippen LogP) is 2.87. The highest BCUT2D eigenvalue weighted by Crippen LogP contribution is 2.38. The number of fused-ring (bicyclic) bond motifs is 1. The van der Waals surface area contributed by atoms with Crippen LogP contribution in [-0.4, -0.2) is 32.8 Å². The molecule has 2 aromatic carbocycles. The molecular formula is C20H23NO4. The summed E-state index contributed by atoms with van der Waals surface area (Å²) in [7, 11) is 3.24. The Kier molecular flexibility index (Phi) is 5.24. The largest absolute Gasteiger partial charge is 0.493 e. The van der Waals surface area contributed by atoms with Gasteiger partial charge in [0.2, 0.25) is 0 Å². The summed E-state index contributed by atoms with van der Waals surface area (Å²) in [6, 6.07) is 13.5. The number of hydrogen-bond donors (Lipinski definition) is 1. The molecule has 0 saturated heterocycles. The maximum atomic E-state index is 12.3. The van der Waals surface area contributed by atoms with Crippen LogP contribution < -0.4 is 14.8 Å². The maximum Gasteiger partial charge on any atom is 0.323 e. The first-order chi connectivity index (χ1) is 12.2. The topological polar surface area (TPSA) is 56.8 Å². The second kappa shape index (κ2) is 7.57. The number of methoxy groups -OCH3 is 2. The lowest BCUT2D eigenvalue weighted by atomic mass is 9.86. The molecule has 0 radical (unpaired) electrons. The van der Waals surface area contributed by atoms with Crippen LogP contribution in [0, 0.1) is 0 Å². The minimum absolute atomic E-state index is 0.112. The van der Waals surface area contributed by atoms with Gasteiger partial charge in [-0.05, 0) is 42.2 Å². The lowest BCUT2D eigenvalue weighted by Crippen LogP contribution is -2.45. The first-order valence-electron chi connectivity index (χ1n) is 8.40. The van der Waals surface area contributed by atoms with Gasteiger partial charge in [0, 0.05) is 0 Å². The maximum absolute atomic E-state index is 12.3. The van der Waals surface area contributed by atoms with Gasteiger partial charge in [-0.1, -0.05) is 30.3 Å². The molecule has 1 heterocycles. The SMILES string of the molecule is CCOC(=O)C1Cc2cc(OC)c(OC)cc2C(c2ccccc2)N1. The van der Waals surface area contributed by atoms with Crippen LogP contribution in [0.5, 0.6) is 11.5 Å². The van der Waals surface area contributed by atoms with Crippen LogP contribution in [0.4, 0.5) is 0 Å². The third-order valence-electron chi connectivity index (χ3n) is 4.45. The summed E-state index contributed by atoms with van der Waals surface area (Å²) >= 11 is 0. The van der Waals surface area contributed by atoms with Gasteiger partial charge in [-0.15, -0.1) is 0 Å². The normalized spacial score (nSPS) is 19.0. The van der Waals surface area contributed by atoms with Crippen LogP contribution in [0.25, 0.3) is 0 Å². The van der Waals surface area contributed by atoms with Gasteiger partial charge in [0.15, 0.2) is 11.5 Å². The Hall–Kier alpha value is -2.53. The van der Waals surface area contributed by atoms with Gasteiger partial charge in [-0.3, -0.25) is 10.1 Å². The van der Waals surface area contributed by atoms with Crippen molar-refractivity contribution >= 4 is 5.97 Å². The average molecular weight is 341 g/mol. The molecule has 0 saturated carbocycles. The zero-order chi connectivity index (χ0) is 17.8. The summed E-state index contributed by atoms with van der Waals surface area (Å²) in [5.74, 6) is 1.11. The molecule has 0 aliphatic carbocycles. The monoisotopic (exact) mass is 341 g/mol. The van der Waals surface area contributed by atoms with Gasteiger partial charge in [0.05, 0.1) is 26.9 Å². The van der Waals surface area contributed by atoms with E-state index in [-0.39, 0.29) is 12.0 Å². The van der Waals surface area contributed by atoms with E-state index < -0.39 is 6.04 Å². The van der Waals surface area contributed by atoms with Gasteiger partial charge in [-0.2, -0.15) is 0 Å². The zero-order valence-electron chi connectivity index (χ0n) is 14.7. The fourth-order valence-electron chi connectivity index (χ4n) is 3.27. The first-order valence-corrected chi connectivity index (χ1v) is 8.40. The van der Waals surface area contributed by atoms with Gasteiger partial charge in [0.25, 0.3) is 0 Å². The number of benzene rings is 2. The zero-order valence-corrected chi connectivity index (χ0v) is 14.7. The second-order valence-electron chi connectivity index (χ2n) is 5.93. The third-order valence-corrected chi connectivity index (χ3v) is 4.45.